The minimum absolute atomic E-state index is 0.0799. The van der Waals surface area contributed by atoms with Crippen LogP contribution in [0.4, 0.5) is 4.39 Å². The molecule has 1 aliphatic rings. The number of carbonyl (C=O) groups is 1. The van der Waals surface area contributed by atoms with Gasteiger partial charge in [-0.15, -0.1) is 4.31 Å². The molecular weight excluding hydrogens is 489 g/mol. The van der Waals surface area contributed by atoms with Gasteiger partial charge in [-0.1, -0.05) is 37.3 Å². The summed E-state index contributed by atoms with van der Waals surface area (Å²) < 4.78 is 28.9. The summed E-state index contributed by atoms with van der Waals surface area (Å²) >= 11 is -1.34. The summed E-state index contributed by atoms with van der Waals surface area (Å²) in [6, 6.07) is 15.5. The second kappa shape index (κ2) is 11.3. The van der Waals surface area contributed by atoms with Crippen LogP contribution in [0, 0.1) is 5.82 Å². The molecule has 3 aromatic rings. The molecule has 1 aliphatic heterocycles. The predicted molar refractivity (Wildman–Crippen MR) is 146 cm³/mol. The maximum Gasteiger partial charge on any atom is 0.269 e. The Morgan fingerprint density at radius 1 is 1.16 bits per heavy atom. The minimum atomic E-state index is -1.34. The molecule has 0 bridgehead atoms. The van der Waals surface area contributed by atoms with Gasteiger partial charge in [0.05, 0.1) is 18.3 Å². The summed E-state index contributed by atoms with van der Waals surface area (Å²) in [4.78, 5) is 17.8. The molecule has 0 fully saturated rings. The van der Waals surface area contributed by atoms with Crippen LogP contribution in [0.5, 0.6) is 0 Å². The van der Waals surface area contributed by atoms with Gasteiger partial charge in [0.2, 0.25) is 0 Å². The first-order chi connectivity index (χ1) is 17.6. The second-order valence-corrected chi connectivity index (χ2v) is 12.4. The highest BCUT2D eigenvalue weighted by Gasteiger charge is 2.44. The molecule has 2 heterocycles. The highest BCUT2D eigenvalue weighted by molar-refractivity contribution is 7.90. The van der Waals surface area contributed by atoms with E-state index in [1.165, 1.54) is 12.1 Å². The predicted octanol–water partition coefficient (Wildman–Crippen LogP) is 5.40. The smallest absolute Gasteiger partial charge is 0.269 e. The van der Waals surface area contributed by atoms with Crippen molar-refractivity contribution in [2.75, 3.05) is 13.2 Å². The van der Waals surface area contributed by atoms with Crippen molar-refractivity contribution in [2.45, 2.75) is 57.9 Å². The average molecular weight is 524 g/mol. The van der Waals surface area contributed by atoms with E-state index in [0.717, 1.165) is 34.2 Å². The summed E-state index contributed by atoms with van der Waals surface area (Å²) in [5, 5.41) is 12.8. The lowest BCUT2D eigenvalue weighted by Crippen LogP contribution is -2.42. The molecule has 6 nitrogen and oxygen atoms in total. The Balaban J connectivity index is 1.88. The lowest BCUT2D eigenvalue weighted by atomic mass is 9.94. The van der Waals surface area contributed by atoms with Crippen molar-refractivity contribution in [1.29, 1.82) is 0 Å². The molecule has 1 unspecified atom stereocenters. The van der Waals surface area contributed by atoms with E-state index < -0.39 is 16.1 Å². The number of aromatic nitrogens is 1. The van der Waals surface area contributed by atoms with E-state index in [4.69, 9.17) is 4.98 Å². The molecule has 2 N–H and O–H groups in total. The first-order valence-electron chi connectivity index (χ1n) is 12.6. The van der Waals surface area contributed by atoms with Crippen LogP contribution in [0.1, 0.15) is 68.2 Å². The van der Waals surface area contributed by atoms with Crippen molar-refractivity contribution in [2.24, 2.45) is 0 Å². The SMILES string of the molecule is CCCNC(=O)c1cc2c(c(-c3cccc(-c4cccc(F)c4)c3)n1)[C@H](CCO)N([S+]([O-])C(C)(C)C)C2. The number of hydrogen-bond donors (Lipinski definition) is 2. The van der Waals surface area contributed by atoms with Crippen LogP contribution >= 0.6 is 0 Å². The van der Waals surface area contributed by atoms with Gasteiger partial charge in [-0.2, -0.15) is 0 Å². The quantitative estimate of drug-likeness (QED) is 0.386. The zero-order chi connectivity index (χ0) is 26.7. The van der Waals surface area contributed by atoms with Gasteiger partial charge in [-0.05, 0) is 74.6 Å². The Bertz CT molecular complexity index is 1280. The molecule has 1 amide bonds. The van der Waals surface area contributed by atoms with Gasteiger partial charge in [0.15, 0.2) is 0 Å². The lowest BCUT2D eigenvalue weighted by Gasteiger charge is -2.33. The van der Waals surface area contributed by atoms with E-state index in [0.29, 0.717) is 30.9 Å². The molecule has 0 aliphatic carbocycles. The van der Waals surface area contributed by atoms with E-state index in [9.17, 15) is 18.8 Å². The van der Waals surface area contributed by atoms with Gasteiger partial charge in [-0.25, -0.2) is 9.37 Å². The largest absolute Gasteiger partial charge is 0.597 e. The third kappa shape index (κ3) is 5.88. The fourth-order valence-electron chi connectivity index (χ4n) is 4.65. The van der Waals surface area contributed by atoms with E-state index in [-0.39, 0.29) is 24.4 Å². The average Bonchev–Trinajstić information content (AvgIpc) is 3.24. The van der Waals surface area contributed by atoms with Crippen LogP contribution in [-0.4, -0.2) is 42.8 Å². The Morgan fingerprint density at radius 3 is 2.49 bits per heavy atom. The van der Waals surface area contributed by atoms with Crippen molar-refractivity contribution in [3.05, 3.63) is 77.2 Å². The standard InChI is InChI=1S/C29H34FN3O3S/c1-5-13-31-28(35)24-17-22-18-33(37(36)29(2,3)4)25(12-14-34)26(22)27(32-24)21-10-6-8-19(15-21)20-9-7-11-23(30)16-20/h6-11,15-17,25,34H,5,12-14,18H2,1-4H3,(H,31,35)/t25-,37?/m0/s1. The maximum atomic E-state index is 13.9. The molecule has 2 aromatic carbocycles. The molecule has 2 atom stereocenters. The molecule has 8 heteroatoms. The maximum absolute atomic E-state index is 13.9. The van der Waals surface area contributed by atoms with Gasteiger partial charge >= 0.3 is 0 Å². The Morgan fingerprint density at radius 2 is 1.84 bits per heavy atom. The van der Waals surface area contributed by atoms with Crippen LogP contribution in [0.15, 0.2) is 54.6 Å². The number of benzene rings is 2. The zero-order valence-corrected chi connectivity index (χ0v) is 22.6. The van der Waals surface area contributed by atoms with Crippen molar-refractivity contribution >= 4 is 17.3 Å². The number of pyridine rings is 1. The van der Waals surface area contributed by atoms with Gasteiger partial charge in [0, 0.05) is 35.6 Å². The number of aliphatic hydroxyl groups is 1. The molecule has 4 rings (SSSR count). The van der Waals surface area contributed by atoms with E-state index >= 15 is 0 Å². The van der Waals surface area contributed by atoms with Crippen LogP contribution in [-0.2, 0) is 17.9 Å². The summed E-state index contributed by atoms with van der Waals surface area (Å²) in [5.74, 6) is -0.582. The van der Waals surface area contributed by atoms with Gasteiger partial charge < -0.3 is 15.0 Å². The monoisotopic (exact) mass is 523 g/mol. The van der Waals surface area contributed by atoms with E-state index in [1.54, 1.807) is 12.1 Å². The molecule has 0 saturated heterocycles. The summed E-state index contributed by atoms with van der Waals surface area (Å²) in [5.41, 5.74) is 4.98. The number of hydrogen-bond acceptors (Lipinski definition) is 5. The van der Waals surface area contributed by atoms with Crippen LogP contribution < -0.4 is 5.32 Å². The topological polar surface area (TPSA) is 88.5 Å². The fraction of sp³-hybridized carbons (Fsp3) is 0.379. The Labute approximate surface area is 221 Å². The molecule has 196 valence electrons. The summed E-state index contributed by atoms with van der Waals surface area (Å²) in [7, 11) is 0. The van der Waals surface area contributed by atoms with Gasteiger partial charge in [0.25, 0.3) is 5.91 Å². The molecule has 1 aromatic heterocycles. The summed E-state index contributed by atoms with van der Waals surface area (Å²) in [6.45, 7) is 8.60. The summed E-state index contributed by atoms with van der Waals surface area (Å²) in [6.07, 6.45) is 1.19. The number of rotatable bonds is 8. The number of halogens is 1. The molecule has 37 heavy (non-hydrogen) atoms. The molecule has 0 spiro atoms. The van der Waals surface area contributed by atoms with Crippen molar-refractivity contribution in [3.63, 3.8) is 0 Å². The normalized spacial score (nSPS) is 16.5. The molecule has 0 radical (unpaired) electrons. The third-order valence-corrected chi connectivity index (χ3v) is 8.21. The van der Waals surface area contributed by atoms with Crippen LogP contribution in [0.25, 0.3) is 22.4 Å². The van der Waals surface area contributed by atoms with Crippen LogP contribution in [0.3, 0.4) is 0 Å². The van der Waals surface area contributed by atoms with Crippen molar-refractivity contribution in [1.82, 2.24) is 14.6 Å². The van der Waals surface area contributed by atoms with Gasteiger partial charge in [-0.3, -0.25) is 4.79 Å². The van der Waals surface area contributed by atoms with Gasteiger partial charge in [0.1, 0.15) is 16.3 Å². The third-order valence-electron chi connectivity index (χ3n) is 6.35. The molecule has 0 saturated carbocycles. The number of nitrogens with zero attached hydrogens (tertiary/aromatic N) is 2. The van der Waals surface area contributed by atoms with E-state index in [1.807, 2.05) is 62.3 Å². The Kier molecular flexibility index (Phi) is 8.33. The number of aliphatic hydroxyl groups excluding tert-OH is 1. The minimum Gasteiger partial charge on any atom is -0.597 e. The first kappa shape index (κ1) is 27.3. The zero-order valence-electron chi connectivity index (χ0n) is 21.8. The number of carbonyl (C=O) groups excluding carboxylic acids is 1. The Hall–Kier alpha value is -2.78. The number of amides is 1. The lowest BCUT2D eigenvalue weighted by molar-refractivity contribution is 0.0948. The second-order valence-electron chi connectivity index (χ2n) is 10.2. The van der Waals surface area contributed by atoms with E-state index in [2.05, 4.69) is 5.32 Å². The van der Waals surface area contributed by atoms with Crippen LogP contribution in [0.2, 0.25) is 0 Å². The number of nitrogens with one attached hydrogen (secondary N) is 1. The van der Waals surface area contributed by atoms with Crippen molar-refractivity contribution < 1.29 is 18.8 Å². The van der Waals surface area contributed by atoms with Crippen molar-refractivity contribution in [3.8, 4) is 22.4 Å². The highest BCUT2D eigenvalue weighted by Crippen LogP contribution is 2.45. The highest BCUT2D eigenvalue weighted by atomic mass is 32.2. The molecular formula is C29H34FN3O3S. The first-order valence-corrected chi connectivity index (χ1v) is 13.7. The fourth-order valence-corrected chi connectivity index (χ4v) is 6.05. The number of fused-ring (bicyclic) bond motifs is 1.